The molecular formula is C29H34ClN3O5S. The van der Waals surface area contributed by atoms with Crippen LogP contribution in [-0.2, 0) is 26.2 Å². The van der Waals surface area contributed by atoms with Crippen LogP contribution in [0.2, 0.25) is 5.02 Å². The number of nitrogens with one attached hydrogen (secondary N) is 1. The molecule has 208 valence electrons. The summed E-state index contributed by atoms with van der Waals surface area (Å²) in [5.74, 6) is 0.275. The van der Waals surface area contributed by atoms with Gasteiger partial charge in [-0.3, -0.25) is 13.9 Å². The zero-order valence-electron chi connectivity index (χ0n) is 22.7. The lowest BCUT2D eigenvalue weighted by molar-refractivity contribution is -0.140. The predicted molar refractivity (Wildman–Crippen MR) is 155 cm³/mol. The van der Waals surface area contributed by atoms with E-state index >= 15 is 0 Å². The van der Waals surface area contributed by atoms with Gasteiger partial charge in [-0.15, -0.1) is 0 Å². The second kappa shape index (κ2) is 12.5. The highest BCUT2D eigenvalue weighted by atomic mass is 35.5. The number of carbonyl (C=O) groups excluding carboxylic acids is 2. The van der Waals surface area contributed by atoms with Crippen LogP contribution in [-0.4, -0.2) is 49.5 Å². The highest BCUT2D eigenvalue weighted by molar-refractivity contribution is 7.92. The van der Waals surface area contributed by atoms with Gasteiger partial charge < -0.3 is 15.0 Å². The number of halogens is 1. The lowest BCUT2D eigenvalue weighted by Gasteiger charge is -2.33. The van der Waals surface area contributed by atoms with Crippen LogP contribution in [0.15, 0.2) is 78.9 Å². The van der Waals surface area contributed by atoms with Gasteiger partial charge in [0.15, 0.2) is 0 Å². The molecule has 3 aromatic carbocycles. The number of nitrogens with zero attached hydrogens (tertiary/aromatic N) is 2. The third-order valence-electron chi connectivity index (χ3n) is 5.71. The van der Waals surface area contributed by atoms with E-state index in [4.69, 9.17) is 16.3 Å². The normalized spacial score (nSPS) is 12.4. The van der Waals surface area contributed by atoms with E-state index in [1.165, 1.54) is 4.90 Å². The summed E-state index contributed by atoms with van der Waals surface area (Å²) in [6, 6.07) is 21.7. The summed E-state index contributed by atoms with van der Waals surface area (Å²) in [5, 5.41) is 3.43. The molecule has 8 nitrogen and oxygen atoms in total. The summed E-state index contributed by atoms with van der Waals surface area (Å²) in [4.78, 5) is 28.0. The summed E-state index contributed by atoms with van der Waals surface area (Å²) in [5.41, 5.74) is 0.531. The molecule has 1 atom stereocenters. The van der Waals surface area contributed by atoms with Crippen LogP contribution in [0.25, 0.3) is 0 Å². The van der Waals surface area contributed by atoms with E-state index < -0.39 is 34.1 Å². The molecule has 39 heavy (non-hydrogen) atoms. The molecule has 0 radical (unpaired) electrons. The lowest BCUT2D eigenvalue weighted by atomic mass is 10.1. The number of rotatable bonds is 10. The Hall–Kier alpha value is -3.56. The Bertz CT molecular complexity index is 1370. The smallest absolute Gasteiger partial charge is 0.244 e. The van der Waals surface area contributed by atoms with Crippen molar-refractivity contribution in [1.82, 2.24) is 10.2 Å². The third-order valence-corrected chi connectivity index (χ3v) is 7.11. The Morgan fingerprint density at radius 3 is 2.03 bits per heavy atom. The van der Waals surface area contributed by atoms with Gasteiger partial charge in [0.1, 0.15) is 24.1 Å². The Labute approximate surface area is 235 Å². The van der Waals surface area contributed by atoms with Crippen LogP contribution >= 0.6 is 11.6 Å². The van der Waals surface area contributed by atoms with Crippen molar-refractivity contribution >= 4 is 39.1 Å². The molecule has 0 unspecified atom stereocenters. The number of hydrogen-bond acceptors (Lipinski definition) is 5. The topological polar surface area (TPSA) is 96.0 Å². The molecule has 3 rings (SSSR count). The standard InChI is InChI=1S/C29H34ClN3O5S/c1-21(28(35)31-29(2,3)4)32(19-22-11-13-23(30)14-12-22)27(34)20-33(39(5,36)37)24-15-17-26(18-16-24)38-25-9-7-6-8-10-25/h6-18,21H,19-20H2,1-5H3,(H,31,35)/t21-/m0/s1. The van der Waals surface area contributed by atoms with Gasteiger partial charge in [0.2, 0.25) is 21.8 Å². The maximum atomic E-state index is 13.7. The largest absolute Gasteiger partial charge is 0.457 e. The summed E-state index contributed by atoms with van der Waals surface area (Å²) in [6.07, 6.45) is 1.04. The number of anilines is 1. The van der Waals surface area contributed by atoms with E-state index in [0.29, 0.717) is 22.2 Å². The summed E-state index contributed by atoms with van der Waals surface area (Å²) in [6.45, 7) is 6.77. The van der Waals surface area contributed by atoms with E-state index in [1.54, 1.807) is 55.5 Å². The average Bonchev–Trinajstić information content (AvgIpc) is 2.86. The van der Waals surface area contributed by atoms with Crippen molar-refractivity contribution in [2.24, 2.45) is 0 Å². The fourth-order valence-electron chi connectivity index (χ4n) is 3.76. The van der Waals surface area contributed by atoms with Crippen LogP contribution in [0.1, 0.15) is 33.3 Å². The van der Waals surface area contributed by atoms with E-state index in [1.807, 2.05) is 51.1 Å². The number of para-hydroxylation sites is 1. The Morgan fingerprint density at radius 1 is 0.923 bits per heavy atom. The SMILES string of the molecule is C[C@@H](C(=O)NC(C)(C)C)N(Cc1ccc(Cl)cc1)C(=O)CN(c1ccc(Oc2ccccc2)cc1)S(C)(=O)=O. The number of carbonyl (C=O) groups is 2. The second-order valence-electron chi connectivity index (χ2n) is 10.2. The van der Waals surface area contributed by atoms with Crippen LogP contribution in [0.4, 0.5) is 5.69 Å². The van der Waals surface area contributed by atoms with E-state index in [9.17, 15) is 18.0 Å². The van der Waals surface area contributed by atoms with Crippen molar-refractivity contribution in [1.29, 1.82) is 0 Å². The molecule has 0 saturated heterocycles. The quantitative estimate of drug-likeness (QED) is 0.359. The maximum absolute atomic E-state index is 13.7. The minimum atomic E-state index is -3.84. The summed E-state index contributed by atoms with van der Waals surface area (Å²) >= 11 is 6.01. The van der Waals surface area contributed by atoms with E-state index in [0.717, 1.165) is 16.1 Å². The second-order valence-corrected chi connectivity index (χ2v) is 12.6. The van der Waals surface area contributed by atoms with Gasteiger partial charge in [0, 0.05) is 17.1 Å². The Kier molecular flexibility index (Phi) is 9.63. The van der Waals surface area contributed by atoms with Gasteiger partial charge >= 0.3 is 0 Å². The van der Waals surface area contributed by atoms with Gasteiger partial charge in [-0.2, -0.15) is 0 Å². The van der Waals surface area contributed by atoms with Crippen LogP contribution in [0.3, 0.4) is 0 Å². The predicted octanol–water partition coefficient (Wildman–Crippen LogP) is 5.23. The highest BCUT2D eigenvalue weighted by Crippen LogP contribution is 2.26. The number of sulfonamides is 1. The zero-order valence-corrected chi connectivity index (χ0v) is 24.3. The number of hydrogen-bond donors (Lipinski definition) is 1. The third kappa shape index (κ3) is 9.01. The van der Waals surface area contributed by atoms with Crippen molar-refractivity contribution < 1.29 is 22.7 Å². The molecule has 0 saturated carbocycles. The number of amides is 2. The molecular weight excluding hydrogens is 538 g/mol. The first-order chi connectivity index (χ1) is 18.2. The number of ether oxygens (including phenoxy) is 1. The van der Waals surface area contributed by atoms with E-state index in [2.05, 4.69) is 5.32 Å². The first kappa shape index (κ1) is 30.0. The monoisotopic (exact) mass is 571 g/mol. The van der Waals surface area contributed by atoms with Gasteiger partial charge in [-0.25, -0.2) is 8.42 Å². The molecule has 2 amide bonds. The molecule has 3 aromatic rings. The van der Waals surface area contributed by atoms with Gasteiger partial charge in [0.05, 0.1) is 11.9 Å². The zero-order chi connectivity index (χ0) is 28.8. The van der Waals surface area contributed by atoms with Crippen LogP contribution in [0.5, 0.6) is 11.5 Å². The van der Waals surface area contributed by atoms with Gasteiger partial charge in [-0.1, -0.05) is 41.9 Å². The molecule has 1 N–H and O–H groups in total. The molecule has 0 aliphatic heterocycles. The molecule has 0 aliphatic rings. The van der Waals surface area contributed by atoms with Crippen molar-refractivity contribution in [3.05, 3.63) is 89.4 Å². The molecule has 0 aromatic heterocycles. The van der Waals surface area contributed by atoms with Crippen molar-refractivity contribution in [2.75, 3.05) is 17.1 Å². The number of benzene rings is 3. The van der Waals surface area contributed by atoms with Crippen molar-refractivity contribution in [2.45, 2.75) is 45.8 Å². The molecule has 0 aliphatic carbocycles. The molecule has 0 fully saturated rings. The molecule has 0 spiro atoms. The van der Waals surface area contributed by atoms with Gasteiger partial charge in [0.25, 0.3) is 0 Å². The first-order valence-corrected chi connectivity index (χ1v) is 14.6. The molecule has 0 bridgehead atoms. The van der Waals surface area contributed by atoms with Crippen LogP contribution < -0.4 is 14.4 Å². The minimum absolute atomic E-state index is 0.0934. The van der Waals surface area contributed by atoms with Gasteiger partial charge in [-0.05, 0) is 81.8 Å². The summed E-state index contributed by atoms with van der Waals surface area (Å²) in [7, 11) is -3.84. The maximum Gasteiger partial charge on any atom is 0.244 e. The van der Waals surface area contributed by atoms with Crippen molar-refractivity contribution in [3.63, 3.8) is 0 Å². The Morgan fingerprint density at radius 2 is 1.49 bits per heavy atom. The first-order valence-electron chi connectivity index (χ1n) is 12.4. The van der Waals surface area contributed by atoms with E-state index in [-0.39, 0.29) is 12.5 Å². The van der Waals surface area contributed by atoms with Crippen molar-refractivity contribution in [3.8, 4) is 11.5 Å². The molecule has 10 heteroatoms. The fraction of sp³-hybridized carbons (Fsp3) is 0.310. The molecule has 0 heterocycles. The average molecular weight is 572 g/mol. The fourth-order valence-corrected chi connectivity index (χ4v) is 4.74. The lowest BCUT2D eigenvalue weighted by Crippen LogP contribution is -2.54. The summed E-state index contributed by atoms with van der Waals surface area (Å²) < 4.78 is 32.4. The highest BCUT2D eigenvalue weighted by Gasteiger charge is 2.31. The van der Waals surface area contributed by atoms with Crippen LogP contribution in [0, 0.1) is 0 Å². The Balaban J connectivity index is 1.87. The minimum Gasteiger partial charge on any atom is -0.457 e.